The Kier molecular flexibility index (Phi) is 3.69. The van der Waals surface area contributed by atoms with E-state index in [1.165, 1.54) is 11.1 Å². The second-order valence-corrected chi connectivity index (χ2v) is 7.83. The summed E-state index contributed by atoms with van der Waals surface area (Å²) < 4.78 is 0. The Balaban J connectivity index is 2.95. The van der Waals surface area contributed by atoms with Crippen molar-refractivity contribution >= 4 is 16.6 Å². The van der Waals surface area contributed by atoms with E-state index in [9.17, 15) is 4.79 Å². The van der Waals surface area contributed by atoms with Crippen LogP contribution in [0.1, 0.15) is 70.1 Å². The van der Waals surface area contributed by atoms with Crippen LogP contribution in [0.25, 0.3) is 10.8 Å². The summed E-state index contributed by atoms with van der Waals surface area (Å²) in [6, 6.07) is 6.44. The summed E-state index contributed by atoms with van der Waals surface area (Å²) in [6.07, 6.45) is 1.74. The van der Waals surface area contributed by atoms with E-state index < -0.39 is 0 Å². The first-order valence-corrected chi connectivity index (χ1v) is 7.46. The minimum atomic E-state index is 0.0199. The zero-order valence-corrected chi connectivity index (χ0v) is 14.2. The van der Waals surface area contributed by atoms with Crippen molar-refractivity contribution in [3.63, 3.8) is 0 Å². The Hall–Kier alpha value is -1.70. The molecule has 0 unspecified atom stereocenters. The standard InChI is InChI=1S/C19H25NO/c1-12(21)17-15-10-13(18(2,3)4)11-16(19(5,6)7)14(15)8-9-20-17/h8-11H,1-7H3. The molecule has 0 N–H and O–H groups in total. The maximum Gasteiger partial charge on any atom is 0.178 e. The SMILES string of the molecule is CC(=O)c1nccc2c(C(C)(C)C)cc(C(C)(C)C)cc12. The summed E-state index contributed by atoms with van der Waals surface area (Å²) in [4.78, 5) is 16.2. The molecule has 0 aliphatic carbocycles. The third-order valence-electron chi connectivity index (χ3n) is 3.89. The Bertz CT molecular complexity index is 700. The molecule has 0 saturated carbocycles. The van der Waals surface area contributed by atoms with E-state index in [2.05, 4.69) is 58.7 Å². The topological polar surface area (TPSA) is 30.0 Å². The van der Waals surface area contributed by atoms with Gasteiger partial charge in [0.2, 0.25) is 0 Å². The quantitative estimate of drug-likeness (QED) is 0.687. The highest BCUT2D eigenvalue weighted by molar-refractivity contribution is 6.06. The number of fused-ring (bicyclic) bond motifs is 1. The number of carbonyl (C=O) groups is 1. The van der Waals surface area contributed by atoms with Crippen LogP contribution in [-0.4, -0.2) is 10.8 Å². The molecule has 0 saturated heterocycles. The molecule has 0 aliphatic heterocycles. The van der Waals surface area contributed by atoms with Gasteiger partial charge in [-0.25, -0.2) is 0 Å². The minimum Gasteiger partial charge on any atom is -0.293 e. The van der Waals surface area contributed by atoms with E-state index in [0.717, 1.165) is 10.8 Å². The molecule has 0 fully saturated rings. The first kappa shape index (κ1) is 15.7. The van der Waals surface area contributed by atoms with Crippen LogP contribution < -0.4 is 0 Å². The number of hydrogen-bond acceptors (Lipinski definition) is 2. The number of pyridine rings is 1. The largest absolute Gasteiger partial charge is 0.293 e. The highest BCUT2D eigenvalue weighted by Crippen LogP contribution is 2.35. The van der Waals surface area contributed by atoms with Crippen molar-refractivity contribution in [1.82, 2.24) is 4.98 Å². The third kappa shape index (κ3) is 2.99. The zero-order chi connectivity index (χ0) is 16.0. The first-order chi connectivity index (χ1) is 9.51. The van der Waals surface area contributed by atoms with Crippen LogP contribution in [-0.2, 0) is 10.8 Å². The van der Waals surface area contributed by atoms with Gasteiger partial charge in [-0.2, -0.15) is 0 Å². The molecule has 0 radical (unpaired) electrons. The summed E-state index contributed by atoms with van der Waals surface area (Å²) in [5, 5.41) is 2.11. The zero-order valence-electron chi connectivity index (χ0n) is 14.2. The number of rotatable bonds is 1. The van der Waals surface area contributed by atoms with Crippen molar-refractivity contribution in [1.29, 1.82) is 0 Å². The van der Waals surface area contributed by atoms with Crippen LogP contribution in [0, 0.1) is 0 Å². The molecule has 0 atom stereocenters. The normalized spacial score (nSPS) is 12.7. The van der Waals surface area contributed by atoms with Crippen molar-refractivity contribution < 1.29 is 4.79 Å². The van der Waals surface area contributed by atoms with Crippen molar-refractivity contribution in [3.05, 3.63) is 41.2 Å². The molecular formula is C19H25NO. The molecule has 112 valence electrons. The Morgan fingerprint density at radius 1 is 0.952 bits per heavy atom. The number of hydrogen-bond donors (Lipinski definition) is 0. The van der Waals surface area contributed by atoms with Gasteiger partial charge in [-0.15, -0.1) is 0 Å². The summed E-state index contributed by atoms with van der Waals surface area (Å²) >= 11 is 0. The maximum atomic E-state index is 11.9. The van der Waals surface area contributed by atoms with Gasteiger partial charge >= 0.3 is 0 Å². The minimum absolute atomic E-state index is 0.0199. The summed E-state index contributed by atoms with van der Waals surface area (Å²) in [6.45, 7) is 14.8. The van der Waals surface area contributed by atoms with Crippen molar-refractivity contribution in [2.24, 2.45) is 0 Å². The second-order valence-electron chi connectivity index (χ2n) is 7.83. The molecule has 0 amide bonds. The number of nitrogens with zero attached hydrogens (tertiary/aromatic N) is 1. The molecule has 0 bridgehead atoms. The van der Waals surface area contributed by atoms with Gasteiger partial charge in [0.15, 0.2) is 5.78 Å². The predicted octanol–water partition coefficient (Wildman–Crippen LogP) is 5.03. The van der Waals surface area contributed by atoms with Crippen molar-refractivity contribution in [2.75, 3.05) is 0 Å². The summed E-state index contributed by atoms with van der Waals surface area (Å²) in [5.74, 6) is 0.0199. The smallest absolute Gasteiger partial charge is 0.178 e. The second kappa shape index (κ2) is 4.94. The van der Waals surface area contributed by atoms with E-state index in [4.69, 9.17) is 0 Å². The molecule has 21 heavy (non-hydrogen) atoms. The Labute approximate surface area is 127 Å². The fourth-order valence-electron chi connectivity index (χ4n) is 2.62. The maximum absolute atomic E-state index is 11.9. The van der Waals surface area contributed by atoms with Gasteiger partial charge < -0.3 is 0 Å². The monoisotopic (exact) mass is 283 g/mol. The van der Waals surface area contributed by atoms with Gasteiger partial charge in [0.05, 0.1) is 0 Å². The number of ketones is 1. The molecule has 0 aliphatic rings. The van der Waals surface area contributed by atoms with Crippen molar-refractivity contribution in [3.8, 4) is 0 Å². The number of carbonyl (C=O) groups excluding carboxylic acids is 1. The van der Waals surface area contributed by atoms with E-state index in [-0.39, 0.29) is 16.6 Å². The Morgan fingerprint density at radius 2 is 1.57 bits per heavy atom. The number of aromatic nitrogens is 1. The van der Waals surface area contributed by atoms with Gasteiger partial charge in [0, 0.05) is 18.5 Å². The lowest BCUT2D eigenvalue weighted by Gasteiger charge is -2.27. The number of Topliss-reactive ketones (excluding diaryl/α,β-unsaturated/α-hetero) is 1. The van der Waals surface area contributed by atoms with Gasteiger partial charge in [-0.3, -0.25) is 9.78 Å². The number of benzene rings is 1. The van der Waals surface area contributed by atoms with Gasteiger partial charge in [-0.1, -0.05) is 47.6 Å². The van der Waals surface area contributed by atoms with Crippen LogP contribution >= 0.6 is 0 Å². The predicted molar refractivity (Wildman–Crippen MR) is 89.1 cm³/mol. The van der Waals surface area contributed by atoms with Gasteiger partial charge in [-0.05, 0) is 39.5 Å². The lowest BCUT2D eigenvalue weighted by Crippen LogP contribution is -2.17. The van der Waals surface area contributed by atoms with Gasteiger partial charge in [0.25, 0.3) is 0 Å². The molecule has 2 rings (SSSR count). The van der Waals surface area contributed by atoms with Crippen molar-refractivity contribution in [2.45, 2.75) is 59.3 Å². The van der Waals surface area contributed by atoms with Crippen LogP contribution in [0.3, 0.4) is 0 Å². The lowest BCUT2D eigenvalue weighted by molar-refractivity contribution is 0.101. The van der Waals surface area contributed by atoms with E-state index in [0.29, 0.717) is 5.69 Å². The molecule has 2 aromatic rings. The molecule has 1 aromatic carbocycles. The van der Waals surface area contributed by atoms with Crippen LogP contribution in [0.4, 0.5) is 0 Å². The molecular weight excluding hydrogens is 258 g/mol. The fraction of sp³-hybridized carbons (Fsp3) is 0.474. The van der Waals surface area contributed by atoms with E-state index in [1.807, 2.05) is 6.07 Å². The molecule has 1 heterocycles. The fourth-order valence-corrected chi connectivity index (χ4v) is 2.62. The van der Waals surface area contributed by atoms with Crippen LogP contribution in [0.5, 0.6) is 0 Å². The first-order valence-electron chi connectivity index (χ1n) is 7.46. The lowest BCUT2D eigenvalue weighted by atomic mass is 9.78. The average molecular weight is 283 g/mol. The van der Waals surface area contributed by atoms with Gasteiger partial charge in [0.1, 0.15) is 5.69 Å². The average Bonchev–Trinajstić information content (AvgIpc) is 2.34. The van der Waals surface area contributed by atoms with Crippen LogP contribution in [0.2, 0.25) is 0 Å². The Morgan fingerprint density at radius 3 is 2.05 bits per heavy atom. The highest BCUT2D eigenvalue weighted by atomic mass is 16.1. The summed E-state index contributed by atoms with van der Waals surface area (Å²) in [5.41, 5.74) is 3.15. The molecule has 1 aromatic heterocycles. The van der Waals surface area contributed by atoms with Crippen LogP contribution in [0.15, 0.2) is 24.4 Å². The van der Waals surface area contributed by atoms with E-state index >= 15 is 0 Å². The third-order valence-corrected chi connectivity index (χ3v) is 3.89. The highest BCUT2D eigenvalue weighted by Gasteiger charge is 2.23. The molecule has 2 heteroatoms. The van der Waals surface area contributed by atoms with E-state index in [1.54, 1.807) is 13.1 Å². The molecule has 0 spiro atoms. The molecule has 2 nitrogen and oxygen atoms in total. The summed E-state index contributed by atoms with van der Waals surface area (Å²) in [7, 11) is 0.